The number of non-ortho nitro benzene ring substituents is 1. The lowest BCUT2D eigenvalue weighted by atomic mass is 10.2. The summed E-state index contributed by atoms with van der Waals surface area (Å²) in [5.41, 5.74) is 2.52. The molecular formula is C14H10N2O4. The molecule has 0 radical (unpaired) electrons. The highest BCUT2D eigenvalue weighted by Gasteiger charge is 2.12. The minimum atomic E-state index is -0.459. The van der Waals surface area contributed by atoms with Gasteiger partial charge in [0, 0.05) is 23.3 Å². The van der Waals surface area contributed by atoms with Crippen LogP contribution in [0.15, 0.2) is 46.9 Å². The van der Waals surface area contributed by atoms with Crippen molar-refractivity contribution in [3.63, 3.8) is 0 Å². The van der Waals surface area contributed by atoms with Gasteiger partial charge in [-0.25, -0.2) is 4.98 Å². The van der Waals surface area contributed by atoms with Gasteiger partial charge < -0.3 is 9.52 Å². The molecule has 0 atom stereocenters. The zero-order valence-electron chi connectivity index (χ0n) is 10.3. The van der Waals surface area contributed by atoms with Gasteiger partial charge in [0.1, 0.15) is 5.52 Å². The summed E-state index contributed by atoms with van der Waals surface area (Å²) in [5, 5.41) is 19.9. The monoisotopic (exact) mass is 270 g/mol. The van der Waals surface area contributed by atoms with Crippen LogP contribution in [0.2, 0.25) is 0 Å². The van der Waals surface area contributed by atoms with Crippen LogP contribution in [0, 0.1) is 10.1 Å². The molecule has 1 N–H and O–H groups in total. The number of rotatable bonds is 3. The van der Waals surface area contributed by atoms with E-state index >= 15 is 0 Å². The van der Waals surface area contributed by atoms with Crippen molar-refractivity contribution >= 4 is 16.8 Å². The van der Waals surface area contributed by atoms with Gasteiger partial charge in [-0.15, -0.1) is 0 Å². The number of hydrogen-bond donors (Lipinski definition) is 1. The van der Waals surface area contributed by atoms with Crippen molar-refractivity contribution in [2.24, 2.45) is 0 Å². The number of hydrogen-bond acceptors (Lipinski definition) is 5. The van der Waals surface area contributed by atoms with Crippen LogP contribution >= 0.6 is 0 Å². The summed E-state index contributed by atoms with van der Waals surface area (Å²) in [6.45, 7) is -0.121. The molecule has 0 aliphatic carbocycles. The van der Waals surface area contributed by atoms with Crippen molar-refractivity contribution in [3.05, 3.63) is 58.1 Å². The van der Waals surface area contributed by atoms with Gasteiger partial charge in [0.2, 0.25) is 5.89 Å². The standard InChI is InChI=1S/C14H10N2O4/c17-8-10-2-1-3-12-13(10)15-14(20-12)9-4-6-11(7-5-9)16(18)19/h1-7,17H,8H2. The van der Waals surface area contributed by atoms with Gasteiger partial charge in [-0.3, -0.25) is 10.1 Å². The zero-order chi connectivity index (χ0) is 14.1. The maximum Gasteiger partial charge on any atom is 0.269 e. The summed E-state index contributed by atoms with van der Waals surface area (Å²) < 4.78 is 5.60. The summed E-state index contributed by atoms with van der Waals surface area (Å²) in [4.78, 5) is 14.5. The fraction of sp³-hybridized carbons (Fsp3) is 0.0714. The Bertz CT molecular complexity index is 777. The van der Waals surface area contributed by atoms with Crippen LogP contribution in [-0.4, -0.2) is 15.0 Å². The number of aliphatic hydroxyl groups excluding tert-OH is 1. The third-order valence-electron chi connectivity index (χ3n) is 3.00. The third-order valence-corrected chi connectivity index (χ3v) is 3.00. The molecule has 6 nitrogen and oxygen atoms in total. The lowest BCUT2D eigenvalue weighted by Gasteiger charge is -1.94. The largest absolute Gasteiger partial charge is 0.436 e. The van der Waals surface area contributed by atoms with Crippen molar-refractivity contribution in [2.45, 2.75) is 6.61 Å². The minimum Gasteiger partial charge on any atom is -0.436 e. The van der Waals surface area contributed by atoms with Gasteiger partial charge in [0.15, 0.2) is 5.58 Å². The van der Waals surface area contributed by atoms with E-state index in [9.17, 15) is 15.2 Å². The van der Waals surface area contributed by atoms with E-state index in [2.05, 4.69) is 4.98 Å². The van der Waals surface area contributed by atoms with Gasteiger partial charge in [-0.2, -0.15) is 0 Å². The maximum atomic E-state index is 10.6. The number of nitrogens with zero attached hydrogens (tertiary/aromatic N) is 2. The molecule has 1 aromatic heterocycles. The Morgan fingerprint density at radius 1 is 1.20 bits per heavy atom. The Kier molecular flexibility index (Phi) is 2.92. The highest BCUT2D eigenvalue weighted by molar-refractivity contribution is 5.79. The summed E-state index contributed by atoms with van der Waals surface area (Å²) in [5.74, 6) is 0.371. The molecule has 0 fully saturated rings. The lowest BCUT2D eigenvalue weighted by molar-refractivity contribution is -0.384. The van der Waals surface area contributed by atoms with E-state index in [0.29, 0.717) is 28.1 Å². The first kappa shape index (κ1) is 12.3. The number of benzene rings is 2. The van der Waals surface area contributed by atoms with E-state index in [0.717, 1.165) is 0 Å². The van der Waals surface area contributed by atoms with E-state index in [1.807, 2.05) is 0 Å². The molecule has 20 heavy (non-hydrogen) atoms. The Labute approximate surface area is 113 Å². The van der Waals surface area contributed by atoms with Gasteiger partial charge in [0.05, 0.1) is 11.5 Å². The van der Waals surface area contributed by atoms with Crippen LogP contribution in [0.5, 0.6) is 0 Å². The quantitative estimate of drug-likeness (QED) is 0.583. The number of aliphatic hydroxyl groups is 1. The van der Waals surface area contributed by atoms with E-state index < -0.39 is 4.92 Å². The van der Waals surface area contributed by atoms with E-state index in [1.54, 1.807) is 30.3 Å². The third kappa shape index (κ3) is 2.02. The number of nitro benzene ring substituents is 1. The number of fused-ring (bicyclic) bond motifs is 1. The molecule has 6 heteroatoms. The first-order valence-electron chi connectivity index (χ1n) is 5.93. The molecule has 3 aromatic rings. The van der Waals surface area contributed by atoms with Gasteiger partial charge in [0.25, 0.3) is 5.69 Å². The summed E-state index contributed by atoms with van der Waals surface area (Å²) >= 11 is 0. The van der Waals surface area contributed by atoms with E-state index in [1.165, 1.54) is 12.1 Å². The highest BCUT2D eigenvalue weighted by Crippen LogP contribution is 2.27. The lowest BCUT2D eigenvalue weighted by Crippen LogP contribution is -1.87. The minimum absolute atomic E-state index is 0.0147. The number of nitro groups is 1. The Balaban J connectivity index is 2.08. The average molecular weight is 270 g/mol. The van der Waals surface area contributed by atoms with Gasteiger partial charge in [-0.05, 0) is 18.2 Å². The molecular weight excluding hydrogens is 260 g/mol. The first-order valence-corrected chi connectivity index (χ1v) is 5.93. The van der Waals surface area contributed by atoms with Crippen molar-refractivity contribution in [2.75, 3.05) is 0 Å². The van der Waals surface area contributed by atoms with Gasteiger partial charge in [-0.1, -0.05) is 12.1 Å². The SMILES string of the molecule is O=[N+]([O-])c1ccc(-c2nc3c(CO)cccc3o2)cc1. The molecule has 0 saturated heterocycles. The van der Waals surface area contributed by atoms with E-state index in [-0.39, 0.29) is 12.3 Å². The molecule has 0 amide bonds. The smallest absolute Gasteiger partial charge is 0.269 e. The predicted octanol–water partition coefficient (Wildman–Crippen LogP) is 2.90. The number of oxazole rings is 1. The summed E-state index contributed by atoms with van der Waals surface area (Å²) in [6, 6.07) is 11.3. The summed E-state index contributed by atoms with van der Waals surface area (Å²) in [7, 11) is 0. The van der Waals surface area contributed by atoms with Crippen molar-refractivity contribution < 1.29 is 14.4 Å². The van der Waals surface area contributed by atoms with Crippen LogP contribution in [-0.2, 0) is 6.61 Å². The molecule has 100 valence electrons. The molecule has 2 aromatic carbocycles. The molecule has 0 saturated carbocycles. The molecule has 0 spiro atoms. The second-order valence-corrected chi connectivity index (χ2v) is 4.24. The van der Waals surface area contributed by atoms with Crippen LogP contribution < -0.4 is 0 Å². The molecule has 0 aliphatic rings. The second kappa shape index (κ2) is 4.75. The predicted molar refractivity (Wildman–Crippen MR) is 72.0 cm³/mol. The Morgan fingerprint density at radius 2 is 1.95 bits per heavy atom. The summed E-state index contributed by atoms with van der Waals surface area (Å²) in [6.07, 6.45) is 0. The first-order chi connectivity index (χ1) is 9.69. The Hall–Kier alpha value is -2.73. The fourth-order valence-electron chi connectivity index (χ4n) is 1.98. The molecule has 3 rings (SSSR count). The van der Waals surface area contributed by atoms with Crippen LogP contribution in [0.4, 0.5) is 5.69 Å². The van der Waals surface area contributed by atoms with Crippen LogP contribution in [0.3, 0.4) is 0 Å². The van der Waals surface area contributed by atoms with E-state index in [4.69, 9.17) is 4.42 Å². The molecule has 0 aliphatic heterocycles. The topological polar surface area (TPSA) is 89.4 Å². The highest BCUT2D eigenvalue weighted by atomic mass is 16.6. The zero-order valence-corrected chi connectivity index (χ0v) is 10.3. The second-order valence-electron chi connectivity index (χ2n) is 4.24. The Morgan fingerprint density at radius 3 is 2.60 bits per heavy atom. The molecule has 0 unspecified atom stereocenters. The van der Waals surface area contributed by atoms with Crippen molar-refractivity contribution in [1.82, 2.24) is 4.98 Å². The van der Waals surface area contributed by atoms with Crippen LogP contribution in [0.25, 0.3) is 22.6 Å². The maximum absolute atomic E-state index is 10.6. The fourth-order valence-corrected chi connectivity index (χ4v) is 1.98. The number of para-hydroxylation sites is 1. The molecule has 1 heterocycles. The average Bonchev–Trinajstić information content (AvgIpc) is 2.91. The van der Waals surface area contributed by atoms with Crippen molar-refractivity contribution in [1.29, 1.82) is 0 Å². The molecule has 0 bridgehead atoms. The van der Waals surface area contributed by atoms with Crippen molar-refractivity contribution in [3.8, 4) is 11.5 Å². The normalized spacial score (nSPS) is 10.8. The van der Waals surface area contributed by atoms with Crippen LogP contribution in [0.1, 0.15) is 5.56 Å². The van der Waals surface area contributed by atoms with Gasteiger partial charge >= 0.3 is 0 Å². The number of aromatic nitrogens is 1.